The Balaban J connectivity index is 1.88. The molecular formula is C14H11ClN6O3S. The Morgan fingerprint density at radius 3 is 2.88 bits per heavy atom. The van der Waals surface area contributed by atoms with E-state index in [0.717, 1.165) is 22.4 Å². The quantitative estimate of drug-likeness (QED) is 0.569. The van der Waals surface area contributed by atoms with E-state index >= 15 is 0 Å². The van der Waals surface area contributed by atoms with Gasteiger partial charge in [0.15, 0.2) is 5.16 Å². The van der Waals surface area contributed by atoms with E-state index in [4.69, 9.17) is 11.6 Å². The topological polar surface area (TPSA) is 126 Å². The third-order valence-electron chi connectivity index (χ3n) is 3.01. The predicted octanol–water partition coefficient (Wildman–Crippen LogP) is 1.03. The van der Waals surface area contributed by atoms with Crippen molar-refractivity contribution in [2.45, 2.75) is 5.16 Å². The molecule has 0 aliphatic heterocycles. The minimum atomic E-state index is -0.687. The summed E-state index contributed by atoms with van der Waals surface area (Å²) >= 11 is 7.08. The number of thioether (sulfide) groups is 1. The summed E-state index contributed by atoms with van der Waals surface area (Å²) in [7, 11) is 0. The summed E-state index contributed by atoms with van der Waals surface area (Å²) in [5, 5.41) is 9.73. The van der Waals surface area contributed by atoms with Gasteiger partial charge in [0.2, 0.25) is 5.91 Å². The predicted molar refractivity (Wildman–Crippen MR) is 93.4 cm³/mol. The SMILES string of the molecule is O=C(CSc1ncn[nH]1)Nc1cc(=O)[nH]c(=O)n1-c1cccc(Cl)c1. The first-order chi connectivity index (χ1) is 12.0. The van der Waals surface area contributed by atoms with Gasteiger partial charge in [-0.15, -0.1) is 0 Å². The van der Waals surface area contributed by atoms with Crippen LogP contribution in [0.4, 0.5) is 5.82 Å². The minimum Gasteiger partial charge on any atom is -0.311 e. The van der Waals surface area contributed by atoms with Gasteiger partial charge in [-0.2, -0.15) is 5.10 Å². The molecule has 3 rings (SSSR count). The molecule has 1 amide bonds. The fraction of sp³-hybridized carbons (Fsp3) is 0.0714. The number of carbonyl (C=O) groups excluding carboxylic acids is 1. The molecule has 3 N–H and O–H groups in total. The summed E-state index contributed by atoms with van der Waals surface area (Å²) < 4.78 is 1.16. The number of hydrogen-bond acceptors (Lipinski definition) is 6. The molecule has 0 aliphatic carbocycles. The van der Waals surface area contributed by atoms with Gasteiger partial charge in [0.05, 0.1) is 11.4 Å². The molecule has 0 unspecified atom stereocenters. The van der Waals surface area contributed by atoms with Gasteiger partial charge in [0.1, 0.15) is 12.1 Å². The van der Waals surface area contributed by atoms with E-state index in [2.05, 4.69) is 25.5 Å². The van der Waals surface area contributed by atoms with Crippen molar-refractivity contribution in [2.75, 3.05) is 11.1 Å². The summed E-state index contributed by atoms with van der Waals surface area (Å²) in [5.41, 5.74) is -0.902. The smallest absolute Gasteiger partial charge is 0.311 e. The maximum absolute atomic E-state index is 12.2. The second-order valence-corrected chi connectivity index (χ2v) is 6.17. The number of aromatic nitrogens is 5. The van der Waals surface area contributed by atoms with Crippen molar-refractivity contribution in [3.8, 4) is 5.69 Å². The summed E-state index contributed by atoms with van der Waals surface area (Å²) in [5.74, 6) is -0.354. The normalized spacial score (nSPS) is 10.6. The maximum atomic E-state index is 12.2. The lowest BCUT2D eigenvalue weighted by atomic mass is 10.3. The Bertz CT molecular complexity index is 1010. The van der Waals surface area contributed by atoms with E-state index in [1.807, 2.05) is 0 Å². The monoisotopic (exact) mass is 378 g/mol. The highest BCUT2D eigenvalue weighted by molar-refractivity contribution is 7.99. The van der Waals surface area contributed by atoms with Crippen molar-refractivity contribution in [1.29, 1.82) is 0 Å². The number of carbonyl (C=O) groups is 1. The molecule has 0 bridgehead atoms. The molecule has 25 heavy (non-hydrogen) atoms. The number of rotatable bonds is 5. The second-order valence-electron chi connectivity index (χ2n) is 4.77. The number of aromatic amines is 2. The molecule has 0 atom stereocenters. The van der Waals surface area contributed by atoms with E-state index in [1.54, 1.807) is 24.3 Å². The van der Waals surface area contributed by atoms with Crippen LogP contribution in [0.2, 0.25) is 5.02 Å². The van der Waals surface area contributed by atoms with E-state index in [-0.39, 0.29) is 11.6 Å². The van der Waals surface area contributed by atoms with Crippen LogP contribution in [-0.2, 0) is 4.79 Å². The number of anilines is 1. The number of nitrogens with zero attached hydrogens (tertiary/aromatic N) is 3. The standard InChI is InChI=1S/C14H11ClN6O3S/c15-8-2-1-3-9(4-8)21-10(5-11(22)19-14(21)24)18-12(23)6-25-13-16-7-17-20-13/h1-5,7H,6H2,(H,18,23)(H,16,17,20)(H,19,22,24). The van der Waals surface area contributed by atoms with Crippen LogP contribution in [0.5, 0.6) is 0 Å². The minimum absolute atomic E-state index is 0.0196. The number of halogens is 1. The van der Waals surface area contributed by atoms with Gasteiger partial charge in [-0.3, -0.25) is 19.7 Å². The summed E-state index contributed by atoms with van der Waals surface area (Å²) in [6, 6.07) is 7.60. The molecule has 128 valence electrons. The summed E-state index contributed by atoms with van der Waals surface area (Å²) in [6.45, 7) is 0. The van der Waals surface area contributed by atoms with Gasteiger partial charge < -0.3 is 5.32 Å². The molecule has 0 spiro atoms. The number of benzene rings is 1. The van der Waals surface area contributed by atoms with Crippen molar-refractivity contribution in [3.63, 3.8) is 0 Å². The number of H-pyrrole nitrogens is 2. The van der Waals surface area contributed by atoms with E-state index in [9.17, 15) is 14.4 Å². The van der Waals surface area contributed by atoms with Crippen LogP contribution >= 0.6 is 23.4 Å². The molecule has 11 heteroatoms. The van der Waals surface area contributed by atoms with Gasteiger partial charge in [-0.25, -0.2) is 14.3 Å². The fourth-order valence-corrected chi connectivity index (χ4v) is 2.80. The van der Waals surface area contributed by atoms with Crippen LogP contribution in [0, 0.1) is 0 Å². The zero-order valence-electron chi connectivity index (χ0n) is 12.5. The molecule has 1 aromatic carbocycles. The van der Waals surface area contributed by atoms with Gasteiger partial charge >= 0.3 is 5.69 Å². The van der Waals surface area contributed by atoms with Gasteiger partial charge in [0, 0.05) is 11.1 Å². The lowest BCUT2D eigenvalue weighted by molar-refractivity contribution is -0.113. The first-order valence-corrected chi connectivity index (χ1v) is 8.29. The molecule has 9 nitrogen and oxygen atoms in total. The summed E-state index contributed by atoms with van der Waals surface area (Å²) in [6.07, 6.45) is 1.33. The highest BCUT2D eigenvalue weighted by Crippen LogP contribution is 2.17. The average molecular weight is 379 g/mol. The van der Waals surface area contributed by atoms with Crippen molar-refractivity contribution in [2.24, 2.45) is 0 Å². The Hall–Kier alpha value is -2.85. The van der Waals surface area contributed by atoms with Crippen LogP contribution in [-0.4, -0.2) is 36.4 Å². The van der Waals surface area contributed by atoms with Crippen molar-refractivity contribution in [3.05, 3.63) is 62.5 Å². The highest BCUT2D eigenvalue weighted by Gasteiger charge is 2.12. The molecule has 0 radical (unpaired) electrons. The maximum Gasteiger partial charge on any atom is 0.334 e. The molecule has 2 aromatic heterocycles. The van der Waals surface area contributed by atoms with Crippen molar-refractivity contribution in [1.82, 2.24) is 24.7 Å². The lowest BCUT2D eigenvalue weighted by Gasteiger charge is -2.13. The van der Waals surface area contributed by atoms with Crippen LogP contribution in [0.15, 0.2) is 51.4 Å². The zero-order valence-corrected chi connectivity index (χ0v) is 14.1. The Morgan fingerprint density at radius 1 is 1.32 bits per heavy atom. The van der Waals surface area contributed by atoms with E-state index < -0.39 is 17.2 Å². The molecule has 0 aliphatic rings. The second kappa shape index (κ2) is 7.36. The molecule has 0 saturated heterocycles. The summed E-state index contributed by atoms with van der Waals surface area (Å²) in [4.78, 5) is 42.0. The van der Waals surface area contributed by atoms with Crippen molar-refractivity contribution < 1.29 is 4.79 Å². The number of nitrogens with one attached hydrogen (secondary N) is 3. The fourth-order valence-electron chi connectivity index (χ4n) is 2.04. The van der Waals surface area contributed by atoms with Gasteiger partial charge in [-0.1, -0.05) is 29.4 Å². The number of hydrogen-bond donors (Lipinski definition) is 3. The molecule has 3 aromatic rings. The first kappa shape index (κ1) is 17.0. The largest absolute Gasteiger partial charge is 0.334 e. The van der Waals surface area contributed by atoms with Gasteiger partial charge in [-0.05, 0) is 18.2 Å². The Labute approximate surface area is 149 Å². The highest BCUT2D eigenvalue weighted by atomic mass is 35.5. The number of amides is 1. The lowest BCUT2D eigenvalue weighted by Crippen LogP contribution is -2.32. The molecule has 2 heterocycles. The molecular weight excluding hydrogens is 368 g/mol. The van der Waals surface area contributed by atoms with Crippen LogP contribution in [0.3, 0.4) is 0 Å². The first-order valence-electron chi connectivity index (χ1n) is 6.93. The van der Waals surface area contributed by atoms with Crippen LogP contribution < -0.4 is 16.6 Å². The van der Waals surface area contributed by atoms with E-state index in [1.165, 1.54) is 6.33 Å². The third kappa shape index (κ3) is 4.17. The molecule has 0 saturated carbocycles. The van der Waals surface area contributed by atoms with E-state index in [0.29, 0.717) is 15.9 Å². The Morgan fingerprint density at radius 2 is 2.16 bits per heavy atom. The Kier molecular flexibility index (Phi) is 5.00. The van der Waals surface area contributed by atoms with Crippen molar-refractivity contribution >= 4 is 35.1 Å². The third-order valence-corrected chi connectivity index (χ3v) is 4.12. The van der Waals surface area contributed by atoms with Gasteiger partial charge in [0.25, 0.3) is 5.56 Å². The average Bonchev–Trinajstić information content (AvgIpc) is 3.06. The van der Waals surface area contributed by atoms with Crippen LogP contribution in [0.1, 0.15) is 0 Å². The molecule has 0 fully saturated rings. The zero-order chi connectivity index (χ0) is 17.8. The van der Waals surface area contributed by atoms with Crippen LogP contribution in [0.25, 0.3) is 5.69 Å².